The van der Waals surface area contributed by atoms with Gasteiger partial charge in [-0.15, -0.1) is 0 Å². The van der Waals surface area contributed by atoms with Gasteiger partial charge in [-0.05, 0) is 31.2 Å². The number of rotatable bonds is 4. The Morgan fingerprint density at radius 3 is 2.47 bits per heavy atom. The number of nitrogens with two attached hydrogens (primary N) is 1. The Bertz CT molecular complexity index is 553. The zero-order valence-corrected chi connectivity index (χ0v) is 11.8. The van der Waals surface area contributed by atoms with Gasteiger partial charge in [0.1, 0.15) is 12.4 Å². The second kappa shape index (κ2) is 5.95. The van der Waals surface area contributed by atoms with Gasteiger partial charge in [-0.25, -0.2) is 5.84 Å². The molecule has 0 amide bonds. The van der Waals surface area contributed by atoms with E-state index in [9.17, 15) is 0 Å². The summed E-state index contributed by atoms with van der Waals surface area (Å²) in [4.78, 5) is 0. The number of hydrogen-bond donors (Lipinski definition) is 1. The summed E-state index contributed by atoms with van der Waals surface area (Å²) in [6.45, 7) is 2.43. The minimum absolute atomic E-state index is 0.388. The molecular formula is C15H17ClN2O. The molecule has 0 aliphatic carbocycles. The van der Waals surface area contributed by atoms with E-state index in [1.54, 1.807) is 12.1 Å². The lowest BCUT2D eigenvalue weighted by atomic mass is 10.2. The first-order valence-electron chi connectivity index (χ1n) is 6.03. The molecular weight excluding hydrogens is 260 g/mol. The van der Waals surface area contributed by atoms with Gasteiger partial charge >= 0.3 is 0 Å². The number of hydrazine groups is 1. The SMILES string of the molecule is Cc1ccc(OCc2c(Cl)cccc2N(C)N)cc1. The smallest absolute Gasteiger partial charge is 0.119 e. The molecule has 0 aliphatic rings. The Labute approximate surface area is 118 Å². The van der Waals surface area contributed by atoms with Crippen molar-refractivity contribution < 1.29 is 4.74 Å². The van der Waals surface area contributed by atoms with Gasteiger partial charge < -0.3 is 9.75 Å². The summed E-state index contributed by atoms with van der Waals surface area (Å²) >= 11 is 6.20. The summed E-state index contributed by atoms with van der Waals surface area (Å²) in [7, 11) is 1.78. The molecule has 0 aromatic heterocycles. The lowest BCUT2D eigenvalue weighted by molar-refractivity contribution is 0.306. The van der Waals surface area contributed by atoms with Gasteiger partial charge in [0.25, 0.3) is 0 Å². The number of anilines is 1. The van der Waals surface area contributed by atoms with Crippen LogP contribution in [0.3, 0.4) is 0 Å². The second-order valence-corrected chi connectivity index (χ2v) is 4.86. The maximum atomic E-state index is 6.20. The Balaban J connectivity index is 2.17. The van der Waals surface area contributed by atoms with Crippen LogP contribution in [0.15, 0.2) is 42.5 Å². The van der Waals surface area contributed by atoms with Crippen molar-refractivity contribution in [3.05, 3.63) is 58.6 Å². The Hall–Kier alpha value is -1.71. The third kappa shape index (κ3) is 3.40. The summed E-state index contributed by atoms with van der Waals surface area (Å²) in [5, 5.41) is 2.20. The number of aryl methyl sites for hydroxylation is 1. The van der Waals surface area contributed by atoms with E-state index >= 15 is 0 Å². The molecule has 2 aromatic rings. The molecule has 0 spiro atoms. The van der Waals surface area contributed by atoms with Crippen LogP contribution in [0.1, 0.15) is 11.1 Å². The summed E-state index contributed by atoms with van der Waals surface area (Å²) < 4.78 is 5.75. The van der Waals surface area contributed by atoms with E-state index in [4.69, 9.17) is 22.2 Å². The van der Waals surface area contributed by atoms with E-state index in [2.05, 4.69) is 0 Å². The molecule has 2 N–H and O–H groups in total. The fraction of sp³-hybridized carbons (Fsp3) is 0.200. The van der Waals surface area contributed by atoms with Gasteiger partial charge in [-0.1, -0.05) is 35.4 Å². The van der Waals surface area contributed by atoms with Crippen molar-refractivity contribution in [1.82, 2.24) is 0 Å². The predicted octanol–water partition coefficient (Wildman–Crippen LogP) is 3.54. The number of ether oxygens (including phenoxy) is 1. The average Bonchev–Trinajstić information content (AvgIpc) is 2.39. The van der Waals surface area contributed by atoms with Gasteiger partial charge in [0, 0.05) is 17.6 Å². The van der Waals surface area contributed by atoms with Crippen LogP contribution in [0.5, 0.6) is 5.75 Å². The molecule has 3 nitrogen and oxygen atoms in total. The molecule has 0 unspecified atom stereocenters. The van der Waals surface area contributed by atoms with Crippen LogP contribution in [0.2, 0.25) is 5.02 Å². The standard InChI is InChI=1S/C15H17ClN2O/c1-11-6-8-12(9-7-11)19-10-13-14(16)4-3-5-15(13)18(2)17/h3-9H,10,17H2,1-2H3. The molecule has 0 atom stereocenters. The lowest BCUT2D eigenvalue weighted by Gasteiger charge is -2.18. The second-order valence-electron chi connectivity index (χ2n) is 4.45. The molecule has 2 aromatic carbocycles. The van der Waals surface area contributed by atoms with Crippen LogP contribution >= 0.6 is 11.6 Å². The molecule has 0 aliphatic heterocycles. The molecule has 4 heteroatoms. The maximum Gasteiger partial charge on any atom is 0.119 e. The van der Waals surface area contributed by atoms with E-state index < -0.39 is 0 Å². The largest absolute Gasteiger partial charge is 0.489 e. The Kier molecular flexibility index (Phi) is 4.30. The maximum absolute atomic E-state index is 6.20. The van der Waals surface area contributed by atoms with Crippen molar-refractivity contribution in [2.45, 2.75) is 13.5 Å². The molecule has 100 valence electrons. The molecule has 0 radical (unpaired) electrons. The highest BCUT2D eigenvalue weighted by atomic mass is 35.5. The van der Waals surface area contributed by atoms with Crippen molar-refractivity contribution >= 4 is 17.3 Å². The van der Waals surface area contributed by atoms with Crippen molar-refractivity contribution in [1.29, 1.82) is 0 Å². The van der Waals surface area contributed by atoms with Gasteiger partial charge in [0.05, 0.1) is 5.69 Å². The number of nitrogens with zero attached hydrogens (tertiary/aromatic N) is 1. The minimum atomic E-state index is 0.388. The topological polar surface area (TPSA) is 38.5 Å². The van der Waals surface area contributed by atoms with Crippen LogP contribution in [-0.2, 0) is 6.61 Å². The van der Waals surface area contributed by atoms with Gasteiger partial charge in [-0.2, -0.15) is 0 Å². The van der Waals surface area contributed by atoms with Crippen LogP contribution in [-0.4, -0.2) is 7.05 Å². The van der Waals surface area contributed by atoms with Crippen molar-refractivity contribution in [2.24, 2.45) is 5.84 Å². The summed E-state index contributed by atoms with van der Waals surface area (Å²) in [5.41, 5.74) is 2.95. The first-order chi connectivity index (χ1) is 9.08. The number of halogens is 1. The Morgan fingerprint density at radius 1 is 1.16 bits per heavy atom. The molecule has 0 heterocycles. The summed E-state index contributed by atoms with van der Waals surface area (Å²) in [6, 6.07) is 13.5. The Morgan fingerprint density at radius 2 is 1.84 bits per heavy atom. The zero-order valence-electron chi connectivity index (χ0n) is 11.1. The van der Waals surface area contributed by atoms with Crippen molar-refractivity contribution in [3.63, 3.8) is 0 Å². The fourth-order valence-corrected chi connectivity index (χ4v) is 2.03. The third-order valence-corrected chi connectivity index (χ3v) is 3.23. The van der Waals surface area contributed by atoms with E-state index in [1.165, 1.54) is 5.56 Å². The zero-order chi connectivity index (χ0) is 13.8. The monoisotopic (exact) mass is 276 g/mol. The average molecular weight is 277 g/mol. The number of benzene rings is 2. The molecule has 19 heavy (non-hydrogen) atoms. The van der Waals surface area contributed by atoms with Gasteiger partial charge in [0.2, 0.25) is 0 Å². The van der Waals surface area contributed by atoms with Gasteiger partial charge in [-0.3, -0.25) is 0 Å². The highest BCUT2D eigenvalue weighted by molar-refractivity contribution is 6.31. The minimum Gasteiger partial charge on any atom is -0.489 e. The number of hydrogen-bond acceptors (Lipinski definition) is 3. The summed E-state index contributed by atoms with van der Waals surface area (Å²) in [6.07, 6.45) is 0. The molecule has 0 fully saturated rings. The third-order valence-electron chi connectivity index (χ3n) is 2.88. The van der Waals surface area contributed by atoms with Crippen LogP contribution in [0, 0.1) is 6.92 Å². The summed E-state index contributed by atoms with van der Waals surface area (Å²) in [5.74, 6) is 6.61. The highest BCUT2D eigenvalue weighted by Crippen LogP contribution is 2.27. The first-order valence-corrected chi connectivity index (χ1v) is 6.41. The van der Waals surface area contributed by atoms with E-state index in [0.29, 0.717) is 11.6 Å². The van der Waals surface area contributed by atoms with Crippen molar-refractivity contribution in [3.8, 4) is 5.75 Å². The van der Waals surface area contributed by atoms with Crippen LogP contribution in [0.4, 0.5) is 5.69 Å². The van der Waals surface area contributed by atoms with E-state index in [0.717, 1.165) is 17.0 Å². The normalized spacial score (nSPS) is 10.3. The molecule has 0 saturated heterocycles. The quantitative estimate of drug-likeness (QED) is 0.686. The van der Waals surface area contributed by atoms with Gasteiger partial charge in [0.15, 0.2) is 0 Å². The molecule has 0 saturated carbocycles. The van der Waals surface area contributed by atoms with E-state index in [-0.39, 0.29) is 0 Å². The van der Waals surface area contributed by atoms with E-state index in [1.807, 2.05) is 49.4 Å². The van der Waals surface area contributed by atoms with Crippen LogP contribution in [0.25, 0.3) is 0 Å². The lowest BCUT2D eigenvalue weighted by Crippen LogP contribution is -2.26. The first kappa shape index (κ1) is 13.7. The fourth-order valence-electron chi connectivity index (χ4n) is 1.81. The predicted molar refractivity (Wildman–Crippen MR) is 79.6 cm³/mol. The molecule has 2 rings (SSSR count). The highest BCUT2D eigenvalue weighted by Gasteiger charge is 2.09. The van der Waals surface area contributed by atoms with Crippen LogP contribution < -0.4 is 15.6 Å². The molecule has 0 bridgehead atoms. The van der Waals surface area contributed by atoms with Crippen molar-refractivity contribution in [2.75, 3.05) is 12.1 Å².